The Bertz CT molecular complexity index is 160. The van der Waals surface area contributed by atoms with Crippen LogP contribution in [0.5, 0.6) is 0 Å². The first-order valence-electron chi connectivity index (χ1n) is 2.55. The van der Waals surface area contributed by atoms with E-state index in [-0.39, 0.29) is 0 Å². The van der Waals surface area contributed by atoms with Gasteiger partial charge in [0.1, 0.15) is 9.34 Å². The molecule has 0 aromatic heterocycles. The van der Waals surface area contributed by atoms with Crippen molar-refractivity contribution < 1.29 is 5.11 Å². The first kappa shape index (κ1) is 7.51. The van der Waals surface area contributed by atoms with Crippen molar-refractivity contribution in [1.82, 2.24) is 0 Å². The number of aliphatic hydroxyl groups excluding tert-OH is 1. The smallest absolute Gasteiger partial charge is 0.128 e. The van der Waals surface area contributed by atoms with Gasteiger partial charge in [0.15, 0.2) is 0 Å². The minimum absolute atomic E-state index is 0.450. The van der Waals surface area contributed by atoms with E-state index in [1.54, 1.807) is 6.08 Å². The standard InChI is InChI=1S/C6H6Br2O/c7-6(8)4-2-1-3-5(6)9/h1-5,9H. The Balaban J connectivity index is 2.78. The van der Waals surface area contributed by atoms with Crippen LogP contribution in [0.1, 0.15) is 0 Å². The van der Waals surface area contributed by atoms with Crippen molar-refractivity contribution in [2.75, 3.05) is 0 Å². The number of rotatable bonds is 0. The molecule has 1 N–H and O–H groups in total. The van der Waals surface area contributed by atoms with Crippen LogP contribution in [-0.2, 0) is 0 Å². The van der Waals surface area contributed by atoms with E-state index in [2.05, 4.69) is 31.9 Å². The topological polar surface area (TPSA) is 20.2 Å². The molecule has 1 aliphatic rings. The molecular formula is C6H6Br2O. The summed E-state index contributed by atoms with van der Waals surface area (Å²) in [6.45, 7) is 0. The number of alkyl halides is 2. The molecule has 3 heteroatoms. The van der Waals surface area contributed by atoms with Crippen molar-refractivity contribution in [3.05, 3.63) is 24.3 Å². The van der Waals surface area contributed by atoms with E-state index in [9.17, 15) is 5.11 Å². The van der Waals surface area contributed by atoms with Gasteiger partial charge >= 0.3 is 0 Å². The van der Waals surface area contributed by atoms with Crippen molar-refractivity contribution in [2.24, 2.45) is 0 Å². The van der Waals surface area contributed by atoms with E-state index in [1.165, 1.54) is 0 Å². The van der Waals surface area contributed by atoms with Crippen LogP contribution in [0, 0.1) is 0 Å². The van der Waals surface area contributed by atoms with Crippen LogP contribution in [0.25, 0.3) is 0 Å². The fourth-order valence-corrected chi connectivity index (χ4v) is 1.19. The summed E-state index contributed by atoms with van der Waals surface area (Å²) in [5.74, 6) is 0. The fraction of sp³-hybridized carbons (Fsp3) is 0.333. The minimum atomic E-state index is -0.484. The van der Waals surface area contributed by atoms with E-state index in [0.717, 1.165) is 0 Å². The number of hydrogen-bond donors (Lipinski definition) is 1. The molecule has 9 heavy (non-hydrogen) atoms. The molecule has 0 aromatic carbocycles. The summed E-state index contributed by atoms with van der Waals surface area (Å²) in [6.07, 6.45) is 6.76. The van der Waals surface area contributed by atoms with E-state index in [0.29, 0.717) is 0 Å². The highest BCUT2D eigenvalue weighted by Gasteiger charge is 2.28. The summed E-state index contributed by atoms with van der Waals surface area (Å²) >= 11 is 6.57. The Morgan fingerprint density at radius 3 is 2.33 bits per heavy atom. The second-order valence-corrected chi connectivity index (χ2v) is 5.55. The Hall–Kier alpha value is 0.400. The van der Waals surface area contributed by atoms with Crippen LogP contribution in [0.3, 0.4) is 0 Å². The third-order valence-electron chi connectivity index (χ3n) is 1.12. The van der Waals surface area contributed by atoms with Gasteiger partial charge in [-0.2, -0.15) is 0 Å². The van der Waals surface area contributed by atoms with Gasteiger partial charge in [-0.1, -0.05) is 56.2 Å². The quantitative estimate of drug-likeness (QED) is 0.655. The summed E-state index contributed by atoms with van der Waals surface area (Å²) in [5.41, 5.74) is 0. The predicted molar refractivity (Wildman–Crippen MR) is 44.9 cm³/mol. The molecule has 50 valence electrons. The van der Waals surface area contributed by atoms with Crippen LogP contribution < -0.4 is 0 Å². The molecular weight excluding hydrogens is 248 g/mol. The molecule has 0 saturated heterocycles. The highest BCUT2D eigenvalue weighted by Crippen LogP contribution is 2.34. The summed E-state index contributed by atoms with van der Waals surface area (Å²) < 4.78 is -0.450. The first-order valence-corrected chi connectivity index (χ1v) is 4.13. The number of halogens is 2. The molecule has 1 aliphatic carbocycles. The zero-order valence-electron chi connectivity index (χ0n) is 4.59. The SMILES string of the molecule is OC1C=CC=CC1(Br)Br. The summed E-state index contributed by atoms with van der Waals surface area (Å²) in [6, 6.07) is 0. The third-order valence-corrected chi connectivity index (χ3v) is 2.58. The van der Waals surface area contributed by atoms with Gasteiger partial charge in [0.2, 0.25) is 0 Å². The first-order chi connectivity index (χ1) is 4.13. The van der Waals surface area contributed by atoms with Gasteiger partial charge in [0.05, 0.1) is 0 Å². The zero-order valence-corrected chi connectivity index (χ0v) is 7.76. The molecule has 1 rings (SSSR count). The molecule has 0 fully saturated rings. The van der Waals surface area contributed by atoms with Gasteiger partial charge in [0.25, 0.3) is 0 Å². The van der Waals surface area contributed by atoms with Crippen molar-refractivity contribution in [3.8, 4) is 0 Å². The molecule has 0 aliphatic heterocycles. The monoisotopic (exact) mass is 252 g/mol. The molecule has 0 heterocycles. The minimum Gasteiger partial charge on any atom is -0.386 e. The number of hydrogen-bond acceptors (Lipinski definition) is 1. The summed E-state index contributed by atoms with van der Waals surface area (Å²) in [7, 11) is 0. The van der Waals surface area contributed by atoms with Crippen LogP contribution in [0.15, 0.2) is 24.3 Å². The largest absolute Gasteiger partial charge is 0.386 e. The zero-order chi connectivity index (χ0) is 6.91. The average molecular weight is 254 g/mol. The molecule has 1 unspecified atom stereocenters. The van der Waals surface area contributed by atoms with Crippen LogP contribution >= 0.6 is 31.9 Å². The van der Waals surface area contributed by atoms with Crippen LogP contribution in [-0.4, -0.2) is 14.4 Å². The van der Waals surface area contributed by atoms with Crippen LogP contribution in [0.4, 0.5) is 0 Å². The summed E-state index contributed by atoms with van der Waals surface area (Å²) in [4.78, 5) is 0. The lowest BCUT2D eigenvalue weighted by Crippen LogP contribution is -2.26. The lowest BCUT2D eigenvalue weighted by molar-refractivity contribution is 0.225. The van der Waals surface area contributed by atoms with Gasteiger partial charge in [-0.25, -0.2) is 0 Å². The predicted octanol–water partition coefficient (Wildman–Crippen LogP) is 1.96. The highest BCUT2D eigenvalue weighted by molar-refractivity contribution is 9.25. The molecule has 0 radical (unpaired) electrons. The van der Waals surface area contributed by atoms with E-state index in [4.69, 9.17) is 0 Å². The maximum atomic E-state index is 9.21. The Morgan fingerprint density at radius 1 is 1.33 bits per heavy atom. The molecule has 0 bridgehead atoms. The van der Waals surface area contributed by atoms with Crippen molar-refractivity contribution in [3.63, 3.8) is 0 Å². The van der Waals surface area contributed by atoms with Gasteiger partial charge in [-0.05, 0) is 0 Å². The molecule has 0 aromatic rings. The highest BCUT2D eigenvalue weighted by atomic mass is 79.9. The normalized spacial score (nSPS) is 30.8. The van der Waals surface area contributed by atoms with Gasteiger partial charge < -0.3 is 5.11 Å². The van der Waals surface area contributed by atoms with Gasteiger partial charge in [-0.15, -0.1) is 0 Å². The van der Waals surface area contributed by atoms with Gasteiger partial charge in [0, 0.05) is 0 Å². The van der Waals surface area contributed by atoms with E-state index in [1.807, 2.05) is 18.2 Å². The Kier molecular flexibility index (Phi) is 2.14. The van der Waals surface area contributed by atoms with E-state index < -0.39 is 9.34 Å². The van der Waals surface area contributed by atoms with Crippen molar-refractivity contribution in [1.29, 1.82) is 0 Å². The van der Waals surface area contributed by atoms with Crippen LogP contribution in [0.2, 0.25) is 0 Å². The number of aliphatic hydroxyl groups is 1. The fourth-order valence-electron chi connectivity index (χ4n) is 0.580. The Morgan fingerprint density at radius 2 is 2.00 bits per heavy atom. The van der Waals surface area contributed by atoms with Crippen molar-refractivity contribution in [2.45, 2.75) is 9.34 Å². The van der Waals surface area contributed by atoms with Crippen molar-refractivity contribution >= 4 is 31.9 Å². The second kappa shape index (κ2) is 2.56. The maximum Gasteiger partial charge on any atom is 0.128 e. The maximum absolute atomic E-state index is 9.21. The van der Waals surface area contributed by atoms with Gasteiger partial charge in [-0.3, -0.25) is 0 Å². The van der Waals surface area contributed by atoms with E-state index >= 15 is 0 Å². The molecule has 0 spiro atoms. The lowest BCUT2D eigenvalue weighted by Gasteiger charge is -2.22. The molecule has 0 amide bonds. The summed E-state index contributed by atoms with van der Waals surface area (Å²) in [5, 5.41) is 9.21. The second-order valence-electron chi connectivity index (χ2n) is 1.86. The Labute approximate surface area is 70.7 Å². The molecule has 1 atom stereocenters. The molecule has 0 saturated carbocycles. The lowest BCUT2D eigenvalue weighted by atomic mass is 10.1. The third kappa shape index (κ3) is 1.66. The molecule has 1 nitrogen and oxygen atoms in total. The average Bonchev–Trinajstić information content (AvgIpc) is 1.77. The number of allylic oxidation sites excluding steroid dienone is 2.